The van der Waals surface area contributed by atoms with Crippen molar-refractivity contribution in [1.29, 1.82) is 0 Å². The first-order chi connectivity index (χ1) is 10.3. The molecule has 0 atom stereocenters. The van der Waals surface area contributed by atoms with E-state index in [2.05, 4.69) is 5.32 Å². The third-order valence-electron chi connectivity index (χ3n) is 3.69. The van der Waals surface area contributed by atoms with Crippen molar-refractivity contribution in [1.82, 2.24) is 5.32 Å². The molecule has 0 unspecified atom stereocenters. The van der Waals surface area contributed by atoms with E-state index in [1.165, 1.54) is 19.3 Å². The van der Waals surface area contributed by atoms with Gasteiger partial charge in [-0.2, -0.15) is 0 Å². The van der Waals surface area contributed by atoms with Crippen LogP contribution in [0.15, 0.2) is 30.3 Å². The van der Waals surface area contributed by atoms with Gasteiger partial charge in [0.15, 0.2) is 0 Å². The van der Waals surface area contributed by atoms with Gasteiger partial charge in [-0.25, -0.2) is 0 Å². The monoisotopic (exact) mass is 291 g/mol. The number of benzene rings is 1. The Hall–Kier alpha value is -1.39. The maximum absolute atomic E-state index is 11.7. The lowest BCUT2D eigenvalue weighted by atomic mass is 9.95. The van der Waals surface area contributed by atoms with Crippen LogP contribution in [-0.4, -0.2) is 31.8 Å². The Labute approximate surface area is 126 Å². The molecule has 1 saturated carbocycles. The van der Waals surface area contributed by atoms with Gasteiger partial charge in [0, 0.05) is 6.04 Å². The quantitative estimate of drug-likeness (QED) is 0.749. The van der Waals surface area contributed by atoms with Crippen LogP contribution in [0.4, 0.5) is 0 Å². The highest BCUT2D eigenvalue weighted by Crippen LogP contribution is 2.17. The molecule has 0 bridgehead atoms. The first kappa shape index (κ1) is 16.0. The second kappa shape index (κ2) is 9.53. The number of ether oxygens (including phenoxy) is 2. The van der Waals surface area contributed by atoms with Gasteiger partial charge < -0.3 is 14.8 Å². The molecule has 1 fully saturated rings. The van der Waals surface area contributed by atoms with Crippen LogP contribution in [0.2, 0.25) is 0 Å². The predicted molar refractivity (Wildman–Crippen MR) is 81.9 cm³/mol. The van der Waals surface area contributed by atoms with Gasteiger partial charge >= 0.3 is 0 Å². The summed E-state index contributed by atoms with van der Waals surface area (Å²) in [7, 11) is 0. The number of nitrogens with one attached hydrogen (secondary N) is 1. The molecule has 0 radical (unpaired) electrons. The van der Waals surface area contributed by atoms with E-state index in [1.807, 2.05) is 30.3 Å². The van der Waals surface area contributed by atoms with E-state index in [0.717, 1.165) is 18.4 Å². The second-order valence-corrected chi connectivity index (χ2v) is 5.49. The van der Waals surface area contributed by atoms with Crippen molar-refractivity contribution >= 4 is 5.91 Å². The van der Waals surface area contributed by atoms with Crippen molar-refractivity contribution in [2.45, 2.75) is 44.8 Å². The standard InChI is InChI=1S/C17H25NO3/c19-17(18-16-9-5-2-6-10-16)14-21-12-11-20-13-15-7-3-1-4-8-15/h1,3-4,7-8,16H,2,5-6,9-14H2,(H,18,19). The molecule has 4 heteroatoms. The molecule has 1 aromatic rings. The summed E-state index contributed by atoms with van der Waals surface area (Å²) in [6.07, 6.45) is 5.94. The SMILES string of the molecule is O=C(COCCOCc1ccccc1)NC1CCCCC1. The normalized spacial score (nSPS) is 15.8. The van der Waals surface area contributed by atoms with Gasteiger partial charge in [-0.15, -0.1) is 0 Å². The predicted octanol–water partition coefficient (Wildman–Crippen LogP) is 2.67. The highest BCUT2D eigenvalue weighted by Gasteiger charge is 2.15. The first-order valence-corrected chi connectivity index (χ1v) is 7.83. The summed E-state index contributed by atoms with van der Waals surface area (Å²) in [6.45, 7) is 1.67. The zero-order valence-electron chi connectivity index (χ0n) is 12.6. The zero-order chi connectivity index (χ0) is 14.8. The Bertz CT molecular complexity index is 402. The van der Waals surface area contributed by atoms with Gasteiger partial charge in [0.05, 0.1) is 19.8 Å². The van der Waals surface area contributed by atoms with Crippen LogP contribution in [0.25, 0.3) is 0 Å². The number of carbonyl (C=O) groups excluding carboxylic acids is 1. The van der Waals surface area contributed by atoms with Crippen molar-refractivity contribution < 1.29 is 14.3 Å². The summed E-state index contributed by atoms with van der Waals surface area (Å²) in [5.41, 5.74) is 1.15. The number of hydrogen-bond acceptors (Lipinski definition) is 3. The minimum Gasteiger partial charge on any atom is -0.374 e. The summed E-state index contributed by atoms with van der Waals surface area (Å²) in [5, 5.41) is 3.03. The molecule has 1 N–H and O–H groups in total. The molecule has 1 aliphatic carbocycles. The average Bonchev–Trinajstić information content (AvgIpc) is 2.53. The molecule has 0 saturated heterocycles. The minimum atomic E-state index is -0.00930. The van der Waals surface area contributed by atoms with Crippen LogP contribution in [0, 0.1) is 0 Å². The topological polar surface area (TPSA) is 47.6 Å². The maximum Gasteiger partial charge on any atom is 0.246 e. The Kier molecular flexibility index (Phi) is 7.25. The van der Waals surface area contributed by atoms with Gasteiger partial charge in [-0.05, 0) is 18.4 Å². The molecule has 4 nitrogen and oxygen atoms in total. The summed E-state index contributed by atoms with van der Waals surface area (Å²) in [6, 6.07) is 10.4. The first-order valence-electron chi connectivity index (χ1n) is 7.83. The molecule has 0 aromatic heterocycles. The fraction of sp³-hybridized carbons (Fsp3) is 0.588. The fourth-order valence-corrected chi connectivity index (χ4v) is 2.56. The Morgan fingerprint density at radius 2 is 1.76 bits per heavy atom. The van der Waals surface area contributed by atoms with Crippen molar-refractivity contribution in [2.75, 3.05) is 19.8 Å². The van der Waals surface area contributed by atoms with Gasteiger partial charge in [0.1, 0.15) is 6.61 Å². The van der Waals surface area contributed by atoms with Gasteiger partial charge in [-0.3, -0.25) is 4.79 Å². The van der Waals surface area contributed by atoms with Crippen molar-refractivity contribution in [3.8, 4) is 0 Å². The molecule has 1 aromatic carbocycles. The lowest BCUT2D eigenvalue weighted by Gasteiger charge is -2.22. The summed E-state index contributed by atoms with van der Waals surface area (Å²) >= 11 is 0. The van der Waals surface area contributed by atoms with E-state index in [-0.39, 0.29) is 12.5 Å². The van der Waals surface area contributed by atoms with Crippen LogP contribution < -0.4 is 5.32 Å². The van der Waals surface area contributed by atoms with E-state index in [4.69, 9.17) is 9.47 Å². The second-order valence-electron chi connectivity index (χ2n) is 5.49. The van der Waals surface area contributed by atoms with E-state index in [9.17, 15) is 4.79 Å². The molecular weight excluding hydrogens is 266 g/mol. The van der Waals surface area contributed by atoms with Crippen LogP contribution >= 0.6 is 0 Å². The number of hydrogen-bond donors (Lipinski definition) is 1. The smallest absolute Gasteiger partial charge is 0.246 e. The number of carbonyl (C=O) groups is 1. The molecule has 1 amide bonds. The largest absolute Gasteiger partial charge is 0.374 e. The van der Waals surface area contributed by atoms with Gasteiger partial charge in [0.2, 0.25) is 5.91 Å². The molecule has 0 aliphatic heterocycles. The highest BCUT2D eigenvalue weighted by molar-refractivity contribution is 5.77. The van der Waals surface area contributed by atoms with Crippen LogP contribution in [0.5, 0.6) is 0 Å². The van der Waals surface area contributed by atoms with Crippen molar-refractivity contribution in [3.63, 3.8) is 0 Å². The van der Waals surface area contributed by atoms with Gasteiger partial charge in [0.25, 0.3) is 0 Å². The Balaban J connectivity index is 1.46. The molecule has 0 heterocycles. The van der Waals surface area contributed by atoms with Gasteiger partial charge in [-0.1, -0.05) is 49.6 Å². The lowest BCUT2D eigenvalue weighted by Crippen LogP contribution is -2.38. The van der Waals surface area contributed by atoms with Crippen LogP contribution in [-0.2, 0) is 20.9 Å². The van der Waals surface area contributed by atoms with E-state index >= 15 is 0 Å². The summed E-state index contributed by atoms with van der Waals surface area (Å²) < 4.78 is 10.8. The van der Waals surface area contributed by atoms with Crippen molar-refractivity contribution in [2.24, 2.45) is 0 Å². The van der Waals surface area contributed by atoms with E-state index in [1.54, 1.807) is 0 Å². The molecule has 21 heavy (non-hydrogen) atoms. The fourth-order valence-electron chi connectivity index (χ4n) is 2.56. The molecule has 2 rings (SSSR count). The number of amides is 1. The number of rotatable bonds is 8. The molecule has 116 valence electrons. The third kappa shape index (κ3) is 6.74. The molecule has 1 aliphatic rings. The average molecular weight is 291 g/mol. The van der Waals surface area contributed by atoms with Crippen LogP contribution in [0.3, 0.4) is 0 Å². The third-order valence-corrected chi connectivity index (χ3v) is 3.69. The Morgan fingerprint density at radius 3 is 2.52 bits per heavy atom. The van der Waals surface area contributed by atoms with E-state index < -0.39 is 0 Å². The van der Waals surface area contributed by atoms with Crippen LogP contribution in [0.1, 0.15) is 37.7 Å². The Morgan fingerprint density at radius 1 is 1.05 bits per heavy atom. The zero-order valence-corrected chi connectivity index (χ0v) is 12.6. The lowest BCUT2D eigenvalue weighted by molar-refractivity contribution is -0.127. The van der Waals surface area contributed by atoms with Crippen molar-refractivity contribution in [3.05, 3.63) is 35.9 Å². The highest BCUT2D eigenvalue weighted by atomic mass is 16.5. The summed E-state index contributed by atoms with van der Waals surface area (Å²) in [5.74, 6) is -0.00930. The molecule has 0 spiro atoms. The minimum absolute atomic E-state index is 0.00930. The molecular formula is C17H25NO3. The van der Waals surface area contributed by atoms with E-state index in [0.29, 0.717) is 25.9 Å². The summed E-state index contributed by atoms with van der Waals surface area (Å²) in [4.78, 5) is 11.7. The maximum atomic E-state index is 11.7.